The number of hydrogen-bond donors (Lipinski definition) is 2. The molecule has 0 aromatic heterocycles. The number of nitrogens with one attached hydrogen (secondary N) is 1. The van der Waals surface area contributed by atoms with E-state index in [1.165, 1.54) is 16.0 Å². The molecule has 2 aromatic carbocycles. The average molecular weight is 479 g/mol. The van der Waals surface area contributed by atoms with Crippen molar-refractivity contribution >= 4 is 18.0 Å². The van der Waals surface area contributed by atoms with E-state index in [0.29, 0.717) is 19.4 Å². The molecule has 8 heteroatoms. The first kappa shape index (κ1) is 23.4. The van der Waals surface area contributed by atoms with Gasteiger partial charge in [-0.25, -0.2) is 9.59 Å². The third kappa shape index (κ3) is 4.50. The van der Waals surface area contributed by atoms with Crippen molar-refractivity contribution in [1.29, 1.82) is 0 Å². The highest BCUT2D eigenvalue weighted by Crippen LogP contribution is 2.44. The molecule has 2 aromatic rings. The van der Waals surface area contributed by atoms with Crippen LogP contribution in [0.3, 0.4) is 0 Å². The van der Waals surface area contributed by atoms with Gasteiger partial charge in [-0.05, 0) is 41.0 Å². The molecule has 1 aliphatic carbocycles. The Morgan fingerprint density at radius 3 is 2.40 bits per heavy atom. The van der Waals surface area contributed by atoms with Crippen molar-refractivity contribution in [2.75, 3.05) is 26.3 Å². The van der Waals surface area contributed by atoms with Crippen LogP contribution in [-0.2, 0) is 19.1 Å². The number of alkyl carbamates (subject to hydrolysis) is 1. The fourth-order valence-electron chi connectivity index (χ4n) is 5.67. The Hall–Kier alpha value is -3.39. The van der Waals surface area contributed by atoms with E-state index in [1.807, 2.05) is 31.2 Å². The van der Waals surface area contributed by atoms with Gasteiger partial charge >= 0.3 is 12.1 Å². The summed E-state index contributed by atoms with van der Waals surface area (Å²) in [7, 11) is 0. The van der Waals surface area contributed by atoms with Gasteiger partial charge in [0.25, 0.3) is 0 Å². The van der Waals surface area contributed by atoms with Crippen molar-refractivity contribution in [3.63, 3.8) is 0 Å². The van der Waals surface area contributed by atoms with E-state index in [0.717, 1.165) is 11.1 Å². The topological polar surface area (TPSA) is 105 Å². The molecular weight excluding hydrogens is 448 g/mol. The van der Waals surface area contributed by atoms with Crippen LogP contribution in [0, 0.1) is 11.8 Å². The zero-order valence-corrected chi connectivity index (χ0v) is 19.7. The number of ether oxygens (including phenoxy) is 2. The summed E-state index contributed by atoms with van der Waals surface area (Å²) in [6.07, 6.45) is 0.292. The molecule has 0 saturated carbocycles. The molecule has 2 unspecified atom stereocenters. The van der Waals surface area contributed by atoms with E-state index in [9.17, 15) is 19.5 Å². The van der Waals surface area contributed by atoms with Crippen molar-refractivity contribution in [1.82, 2.24) is 10.2 Å². The summed E-state index contributed by atoms with van der Waals surface area (Å²) in [5.74, 6) is -1.61. The Balaban J connectivity index is 1.11. The van der Waals surface area contributed by atoms with Crippen molar-refractivity contribution in [3.05, 3.63) is 59.7 Å². The number of carbonyl (C=O) groups is 3. The molecule has 0 bridgehead atoms. The third-order valence-corrected chi connectivity index (χ3v) is 7.48. The number of carboxylic acids is 1. The van der Waals surface area contributed by atoms with E-state index in [1.54, 1.807) is 0 Å². The number of carboxylic acid groups (broad SMARTS) is 1. The van der Waals surface area contributed by atoms with Gasteiger partial charge in [-0.2, -0.15) is 0 Å². The summed E-state index contributed by atoms with van der Waals surface area (Å²) in [6.45, 7) is 3.01. The average Bonchev–Trinajstić information content (AvgIpc) is 3.57. The lowest BCUT2D eigenvalue weighted by Gasteiger charge is -2.25. The minimum Gasteiger partial charge on any atom is -0.480 e. The van der Waals surface area contributed by atoms with Gasteiger partial charge in [-0.1, -0.05) is 55.5 Å². The van der Waals surface area contributed by atoms with Crippen molar-refractivity contribution in [3.8, 4) is 11.1 Å². The summed E-state index contributed by atoms with van der Waals surface area (Å²) in [5.41, 5.74) is 4.64. The molecule has 2 heterocycles. The minimum atomic E-state index is -0.962. The van der Waals surface area contributed by atoms with Crippen molar-refractivity contribution < 1.29 is 29.0 Å². The SMILES string of the molecule is CC1CCN(C(=O)[C@@H]2CO[C@H](CNC(=O)OCC3c4ccccc4-c4ccccc43)C2)C1C(=O)O. The zero-order valence-electron chi connectivity index (χ0n) is 19.7. The second-order valence-electron chi connectivity index (χ2n) is 9.68. The van der Waals surface area contributed by atoms with Crippen LogP contribution in [0.5, 0.6) is 0 Å². The van der Waals surface area contributed by atoms with Crippen molar-refractivity contribution in [2.24, 2.45) is 11.8 Å². The summed E-state index contributed by atoms with van der Waals surface area (Å²) in [4.78, 5) is 38.4. The number of carbonyl (C=O) groups excluding carboxylic acids is 2. The van der Waals surface area contributed by atoms with E-state index >= 15 is 0 Å². The first-order chi connectivity index (χ1) is 16.9. The Morgan fingerprint density at radius 1 is 1.09 bits per heavy atom. The van der Waals surface area contributed by atoms with Gasteiger partial charge in [0.15, 0.2) is 0 Å². The maximum Gasteiger partial charge on any atom is 0.407 e. The van der Waals surface area contributed by atoms with E-state index < -0.39 is 24.0 Å². The molecule has 2 N–H and O–H groups in total. The number of likely N-dealkylation sites (tertiary alicyclic amines) is 1. The van der Waals surface area contributed by atoms with E-state index in [2.05, 4.69) is 29.6 Å². The monoisotopic (exact) mass is 478 g/mol. The first-order valence-electron chi connectivity index (χ1n) is 12.2. The molecule has 3 aliphatic rings. The van der Waals surface area contributed by atoms with Crippen LogP contribution in [0.4, 0.5) is 4.79 Å². The number of nitrogens with zero attached hydrogens (tertiary/aromatic N) is 1. The Labute approximate surface area is 204 Å². The van der Waals surface area contributed by atoms with Crippen LogP contribution < -0.4 is 5.32 Å². The van der Waals surface area contributed by atoms with Crippen LogP contribution in [0.15, 0.2) is 48.5 Å². The maximum atomic E-state index is 12.9. The number of aliphatic carboxylic acids is 1. The van der Waals surface area contributed by atoms with Gasteiger partial charge in [-0.15, -0.1) is 0 Å². The molecule has 35 heavy (non-hydrogen) atoms. The lowest BCUT2D eigenvalue weighted by atomic mass is 9.98. The van der Waals surface area contributed by atoms with Gasteiger partial charge in [0, 0.05) is 19.0 Å². The molecule has 184 valence electrons. The number of benzene rings is 2. The second kappa shape index (κ2) is 9.70. The Bertz CT molecular complexity index is 1090. The van der Waals surface area contributed by atoms with Crippen LogP contribution in [0.25, 0.3) is 11.1 Å². The zero-order chi connectivity index (χ0) is 24.5. The van der Waals surface area contributed by atoms with Gasteiger partial charge in [0.05, 0.1) is 18.6 Å². The standard InChI is InChI=1S/C27H30N2O6/c1-16-10-11-29(24(16)26(31)32)25(30)17-12-18(34-14-17)13-28-27(33)35-15-23-21-8-4-2-6-19(21)20-7-3-5-9-22(20)23/h2-9,16-18,23-24H,10-15H2,1H3,(H,28,33)(H,31,32)/t16?,17-,18-,24?/m0/s1. The maximum absolute atomic E-state index is 12.9. The largest absolute Gasteiger partial charge is 0.480 e. The molecule has 2 fully saturated rings. The van der Waals surface area contributed by atoms with Gasteiger partial charge in [0.2, 0.25) is 5.91 Å². The fraction of sp³-hybridized carbons (Fsp3) is 0.444. The number of rotatable bonds is 6. The van der Waals surface area contributed by atoms with Crippen LogP contribution in [-0.4, -0.2) is 66.4 Å². The third-order valence-electron chi connectivity index (χ3n) is 7.48. The number of hydrogen-bond acceptors (Lipinski definition) is 5. The van der Waals surface area contributed by atoms with Gasteiger partial charge < -0.3 is 24.8 Å². The van der Waals surface area contributed by atoms with E-state index in [4.69, 9.17) is 9.47 Å². The van der Waals surface area contributed by atoms with Crippen LogP contribution in [0.2, 0.25) is 0 Å². The highest BCUT2D eigenvalue weighted by molar-refractivity contribution is 5.86. The second-order valence-corrected chi connectivity index (χ2v) is 9.68. The molecule has 2 aliphatic heterocycles. The highest BCUT2D eigenvalue weighted by atomic mass is 16.5. The molecule has 2 saturated heterocycles. The summed E-state index contributed by atoms with van der Waals surface area (Å²) >= 11 is 0. The summed E-state index contributed by atoms with van der Waals surface area (Å²) in [5, 5.41) is 12.2. The normalized spacial score (nSPS) is 25.2. The number of amides is 2. The van der Waals surface area contributed by atoms with Crippen LogP contribution >= 0.6 is 0 Å². The molecule has 5 rings (SSSR count). The predicted molar refractivity (Wildman–Crippen MR) is 128 cm³/mol. The van der Waals surface area contributed by atoms with Gasteiger partial charge in [0.1, 0.15) is 12.6 Å². The molecule has 4 atom stereocenters. The molecule has 2 amide bonds. The highest BCUT2D eigenvalue weighted by Gasteiger charge is 2.43. The minimum absolute atomic E-state index is 0.0112. The molecular formula is C27H30N2O6. The predicted octanol–water partition coefficient (Wildman–Crippen LogP) is 3.25. The van der Waals surface area contributed by atoms with Crippen molar-refractivity contribution in [2.45, 2.75) is 37.8 Å². The molecule has 0 radical (unpaired) electrons. The summed E-state index contributed by atoms with van der Waals surface area (Å²) in [6, 6.07) is 15.6. The van der Waals surface area contributed by atoms with Gasteiger partial charge in [-0.3, -0.25) is 4.79 Å². The number of fused-ring (bicyclic) bond motifs is 3. The Morgan fingerprint density at radius 2 is 1.74 bits per heavy atom. The first-order valence-corrected chi connectivity index (χ1v) is 12.2. The Kier molecular flexibility index (Phi) is 6.47. The lowest BCUT2D eigenvalue weighted by molar-refractivity contribution is -0.151. The summed E-state index contributed by atoms with van der Waals surface area (Å²) < 4.78 is 11.3. The quantitative estimate of drug-likeness (QED) is 0.660. The fourth-order valence-corrected chi connectivity index (χ4v) is 5.67. The van der Waals surface area contributed by atoms with Crippen LogP contribution in [0.1, 0.15) is 36.8 Å². The lowest BCUT2D eigenvalue weighted by Crippen LogP contribution is -2.45. The molecule has 8 nitrogen and oxygen atoms in total. The smallest absolute Gasteiger partial charge is 0.407 e. The van der Waals surface area contributed by atoms with E-state index in [-0.39, 0.29) is 43.6 Å². The molecule has 0 spiro atoms.